The maximum Gasteiger partial charge on any atom is 0.320 e. The number of aliphatic carboxylic acids is 1. The number of carboxylic acids is 1. The van der Waals surface area contributed by atoms with Crippen LogP contribution in [-0.4, -0.2) is 32.2 Å². The summed E-state index contributed by atoms with van der Waals surface area (Å²) in [4.78, 5) is 28.0. The van der Waals surface area contributed by atoms with E-state index in [0.29, 0.717) is 11.6 Å². The quantitative estimate of drug-likeness (QED) is 0.299. The number of carboxylic acid groups (broad SMARTS) is 1. The topological polar surface area (TPSA) is 130 Å². The van der Waals surface area contributed by atoms with Crippen molar-refractivity contribution in [2.75, 3.05) is 10.6 Å². The molecule has 1 saturated carbocycles. The second kappa shape index (κ2) is 9.83. The first kappa shape index (κ1) is 23.0. The van der Waals surface area contributed by atoms with E-state index in [1.165, 1.54) is 5.56 Å². The van der Waals surface area contributed by atoms with Gasteiger partial charge in [-0.1, -0.05) is 17.2 Å². The number of hydrogen-bond donors (Lipinski definition) is 3. The molecule has 0 atom stereocenters. The van der Waals surface area contributed by atoms with E-state index in [-0.39, 0.29) is 24.2 Å². The molecule has 5 rings (SSSR count). The zero-order chi connectivity index (χ0) is 24.4. The highest BCUT2D eigenvalue weighted by Crippen LogP contribution is 2.37. The monoisotopic (exact) mass is 491 g/mol. The van der Waals surface area contributed by atoms with Crippen molar-refractivity contribution in [2.24, 2.45) is 5.92 Å². The van der Waals surface area contributed by atoms with Gasteiger partial charge in [-0.2, -0.15) is 0 Å². The van der Waals surface area contributed by atoms with Gasteiger partial charge in [0.1, 0.15) is 0 Å². The van der Waals surface area contributed by atoms with E-state index >= 15 is 0 Å². The molecule has 1 aliphatic rings. The number of nitrogens with zero attached hydrogens (tertiary/aromatic N) is 3. The van der Waals surface area contributed by atoms with Crippen molar-refractivity contribution in [3.63, 3.8) is 0 Å². The molecule has 0 saturated heterocycles. The number of nitrogens with one attached hydrogen (secondary N) is 2. The van der Waals surface area contributed by atoms with Gasteiger partial charge < -0.3 is 20.2 Å². The number of hydrogen-bond acceptors (Lipinski definition) is 8. The van der Waals surface area contributed by atoms with Crippen molar-refractivity contribution in [1.82, 2.24) is 15.2 Å². The molecule has 180 valence electrons. The van der Waals surface area contributed by atoms with Crippen LogP contribution in [0, 0.1) is 12.8 Å². The first-order valence-electron chi connectivity index (χ1n) is 11.5. The fraction of sp³-hybridized carbons (Fsp3) is 0.320. The second-order valence-corrected chi connectivity index (χ2v) is 10.1. The number of carbonyl (C=O) groups is 2. The Hall–Kier alpha value is -3.79. The van der Waals surface area contributed by atoms with Crippen LogP contribution < -0.4 is 10.6 Å². The number of amides is 1. The van der Waals surface area contributed by atoms with Crippen molar-refractivity contribution >= 4 is 50.8 Å². The summed E-state index contributed by atoms with van der Waals surface area (Å²) in [5, 5.41) is 23.5. The van der Waals surface area contributed by atoms with Crippen molar-refractivity contribution in [2.45, 2.75) is 44.9 Å². The normalized spacial score (nSPS) is 17.9. The Morgan fingerprint density at radius 1 is 1.06 bits per heavy atom. The maximum atomic E-state index is 12.6. The van der Waals surface area contributed by atoms with Crippen molar-refractivity contribution in [3.05, 3.63) is 58.9 Å². The minimum atomic E-state index is -0.718. The molecule has 4 aromatic rings. The molecule has 0 spiro atoms. The maximum absolute atomic E-state index is 12.6. The van der Waals surface area contributed by atoms with Crippen LogP contribution in [0.15, 0.2) is 46.9 Å². The molecule has 2 heterocycles. The number of anilines is 3. The number of carbonyl (C=O) groups excluding carboxylic acids is 1. The van der Waals surface area contributed by atoms with E-state index in [2.05, 4.69) is 25.8 Å². The fourth-order valence-electron chi connectivity index (χ4n) is 4.58. The molecular formula is C25H25N5O4S. The number of fused-ring (bicyclic) bond motifs is 1. The van der Waals surface area contributed by atoms with Gasteiger partial charge in [0.05, 0.1) is 15.2 Å². The van der Waals surface area contributed by atoms with Crippen LogP contribution in [0.3, 0.4) is 0 Å². The highest BCUT2D eigenvalue weighted by atomic mass is 32.1. The van der Waals surface area contributed by atoms with E-state index < -0.39 is 11.9 Å². The van der Waals surface area contributed by atoms with Gasteiger partial charge in [-0.15, -0.1) is 16.4 Å². The van der Waals surface area contributed by atoms with Gasteiger partial charge in [0.2, 0.25) is 0 Å². The third kappa shape index (κ3) is 5.48. The standard InChI is InChI=1S/C25H25N5O4S/c1-14-26-20-13-19(10-11-21(20)35-14)28-25-30-29-24(34-25)23(33)27-18-8-6-17(7-9-18)16-4-2-15(3-5-16)12-22(31)32/h6-11,13,15-16H,2-5,12H2,1H3,(H,27,33)(H,28,30)(H,31,32). The Morgan fingerprint density at radius 2 is 1.80 bits per heavy atom. The van der Waals surface area contributed by atoms with Crippen LogP contribution in [0.1, 0.15) is 59.3 Å². The number of aryl methyl sites for hydroxylation is 1. The van der Waals surface area contributed by atoms with E-state index in [0.717, 1.165) is 46.6 Å². The average molecular weight is 492 g/mol. The summed E-state index contributed by atoms with van der Waals surface area (Å²) in [5.41, 5.74) is 3.46. The largest absolute Gasteiger partial charge is 0.481 e. The number of benzene rings is 2. The van der Waals surface area contributed by atoms with Gasteiger partial charge in [0, 0.05) is 17.8 Å². The average Bonchev–Trinajstić information content (AvgIpc) is 3.45. The third-order valence-corrected chi connectivity index (χ3v) is 7.27. The Bertz CT molecular complexity index is 1360. The van der Waals surface area contributed by atoms with E-state index in [1.54, 1.807) is 11.3 Å². The summed E-state index contributed by atoms with van der Waals surface area (Å²) in [7, 11) is 0. The molecule has 0 bridgehead atoms. The Kier molecular flexibility index (Phi) is 6.45. The number of thiazole rings is 1. The molecule has 2 aromatic heterocycles. The first-order chi connectivity index (χ1) is 16.9. The summed E-state index contributed by atoms with van der Waals surface area (Å²) >= 11 is 1.62. The van der Waals surface area contributed by atoms with Crippen LogP contribution in [0.5, 0.6) is 0 Å². The van der Waals surface area contributed by atoms with Crippen molar-refractivity contribution in [1.29, 1.82) is 0 Å². The van der Waals surface area contributed by atoms with Crippen molar-refractivity contribution in [3.8, 4) is 0 Å². The zero-order valence-corrected chi connectivity index (χ0v) is 20.0. The summed E-state index contributed by atoms with van der Waals surface area (Å²) < 4.78 is 6.58. The first-order valence-corrected chi connectivity index (χ1v) is 12.4. The second-order valence-electron chi connectivity index (χ2n) is 8.84. The smallest absolute Gasteiger partial charge is 0.320 e. The third-order valence-electron chi connectivity index (χ3n) is 6.32. The lowest BCUT2D eigenvalue weighted by atomic mass is 9.77. The van der Waals surface area contributed by atoms with E-state index in [4.69, 9.17) is 9.52 Å². The van der Waals surface area contributed by atoms with Gasteiger partial charge in [-0.3, -0.25) is 9.59 Å². The van der Waals surface area contributed by atoms with Crippen LogP contribution >= 0.6 is 11.3 Å². The minimum absolute atomic E-state index is 0.121. The number of aromatic nitrogens is 3. The molecule has 10 heteroatoms. The van der Waals surface area contributed by atoms with Gasteiger partial charge in [-0.05, 0) is 80.3 Å². The van der Waals surface area contributed by atoms with Gasteiger partial charge in [-0.25, -0.2) is 4.98 Å². The van der Waals surface area contributed by atoms with Crippen LogP contribution in [0.2, 0.25) is 0 Å². The molecule has 1 fully saturated rings. The van der Waals surface area contributed by atoms with Crippen LogP contribution in [0.25, 0.3) is 10.2 Å². The lowest BCUT2D eigenvalue weighted by Crippen LogP contribution is -2.16. The molecule has 1 amide bonds. The zero-order valence-electron chi connectivity index (χ0n) is 19.2. The summed E-state index contributed by atoms with van der Waals surface area (Å²) in [6, 6.07) is 13.6. The Morgan fingerprint density at radius 3 is 2.54 bits per heavy atom. The molecule has 0 aliphatic heterocycles. The Balaban J connectivity index is 1.17. The summed E-state index contributed by atoms with van der Waals surface area (Å²) in [6.07, 6.45) is 4.08. The fourth-order valence-corrected chi connectivity index (χ4v) is 5.39. The summed E-state index contributed by atoms with van der Waals surface area (Å²) in [6.45, 7) is 1.96. The Labute approximate surface area is 205 Å². The number of rotatable bonds is 7. The minimum Gasteiger partial charge on any atom is -0.481 e. The van der Waals surface area contributed by atoms with E-state index in [1.807, 2.05) is 49.4 Å². The van der Waals surface area contributed by atoms with Crippen LogP contribution in [0.4, 0.5) is 17.4 Å². The molecule has 35 heavy (non-hydrogen) atoms. The lowest BCUT2D eigenvalue weighted by molar-refractivity contribution is -0.138. The van der Waals surface area contributed by atoms with Gasteiger partial charge in [0.25, 0.3) is 0 Å². The predicted molar refractivity (Wildman–Crippen MR) is 133 cm³/mol. The molecule has 2 aromatic carbocycles. The molecule has 1 aliphatic carbocycles. The van der Waals surface area contributed by atoms with Crippen LogP contribution in [-0.2, 0) is 4.79 Å². The van der Waals surface area contributed by atoms with E-state index in [9.17, 15) is 9.59 Å². The highest BCUT2D eigenvalue weighted by Gasteiger charge is 2.24. The predicted octanol–water partition coefficient (Wildman–Crippen LogP) is 5.73. The van der Waals surface area contributed by atoms with Crippen molar-refractivity contribution < 1.29 is 19.1 Å². The summed E-state index contributed by atoms with van der Waals surface area (Å²) in [5.74, 6) is -0.654. The van der Waals surface area contributed by atoms with Gasteiger partial charge in [0.15, 0.2) is 0 Å². The molecule has 9 nitrogen and oxygen atoms in total. The molecule has 0 unspecified atom stereocenters. The molecule has 0 radical (unpaired) electrons. The lowest BCUT2D eigenvalue weighted by Gasteiger charge is -2.28. The highest BCUT2D eigenvalue weighted by molar-refractivity contribution is 7.18. The molecule has 3 N–H and O–H groups in total. The van der Waals surface area contributed by atoms with Gasteiger partial charge >= 0.3 is 23.8 Å². The SMILES string of the molecule is Cc1nc2cc(Nc3nnc(C(=O)Nc4ccc(C5CCC(CC(=O)O)CC5)cc4)o3)ccc2s1. The molecular weight excluding hydrogens is 466 g/mol.